The van der Waals surface area contributed by atoms with Gasteiger partial charge in [0.15, 0.2) is 0 Å². The van der Waals surface area contributed by atoms with Crippen molar-refractivity contribution in [2.24, 2.45) is 0 Å². The number of nitrogens with one attached hydrogen (secondary N) is 1. The molecule has 1 amide bonds. The molecule has 0 unspecified atom stereocenters. The van der Waals surface area contributed by atoms with E-state index in [1.807, 2.05) is 31.2 Å². The number of halogens is 5. The summed E-state index contributed by atoms with van der Waals surface area (Å²) in [6.45, 7) is 4.02. The third-order valence-electron chi connectivity index (χ3n) is 6.67. The predicted octanol–water partition coefficient (Wildman–Crippen LogP) is 5.77. The number of amides is 1. The van der Waals surface area contributed by atoms with Crippen molar-refractivity contribution in [3.8, 4) is 5.75 Å². The summed E-state index contributed by atoms with van der Waals surface area (Å²) >= 11 is 3.43. The molecule has 10 heteroatoms. The van der Waals surface area contributed by atoms with Crippen LogP contribution in [-0.2, 0) is 15.7 Å². The first-order valence-corrected chi connectivity index (χ1v) is 12.2. The second-order valence-electron chi connectivity index (χ2n) is 8.89. The van der Waals surface area contributed by atoms with Gasteiger partial charge in [0, 0.05) is 30.8 Å². The Morgan fingerprint density at radius 3 is 2.54 bits per heavy atom. The van der Waals surface area contributed by atoms with Crippen LogP contribution in [0.3, 0.4) is 0 Å². The molecule has 0 aliphatic carbocycles. The Hall–Kier alpha value is -1.81. The second kappa shape index (κ2) is 11.5. The molecule has 2 aromatic carbocycles. The number of hydrogen-bond acceptors (Lipinski definition) is 4. The summed E-state index contributed by atoms with van der Waals surface area (Å²) in [5.74, 6) is 0.141. The van der Waals surface area contributed by atoms with Gasteiger partial charge in [0.1, 0.15) is 17.4 Å². The van der Waals surface area contributed by atoms with Crippen molar-refractivity contribution in [2.75, 3.05) is 26.3 Å². The molecule has 0 aromatic heterocycles. The van der Waals surface area contributed by atoms with Crippen LogP contribution in [0.2, 0.25) is 0 Å². The van der Waals surface area contributed by atoms with E-state index >= 15 is 0 Å². The minimum Gasteiger partial charge on any atom is -0.489 e. The molecule has 2 aromatic rings. The fourth-order valence-electron chi connectivity index (χ4n) is 4.71. The van der Waals surface area contributed by atoms with E-state index in [0.29, 0.717) is 45.6 Å². The first-order chi connectivity index (χ1) is 16.2. The van der Waals surface area contributed by atoms with Crippen molar-refractivity contribution < 1.29 is 27.4 Å². The molecular formula is C25H29BrClF3N2O3. The monoisotopic (exact) mass is 576 g/mol. The number of carbonyl (C=O) groups is 1. The third-order valence-corrected chi connectivity index (χ3v) is 7.20. The molecule has 35 heavy (non-hydrogen) atoms. The standard InChI is InChI=1S/C25H28BrF3N2O3.ClH/c1-17(18-5-7-20(26)8-6-18)30-23(32)24(10-13-33-14-11-24)31-12-9-22(16-31)34-21-4-2-3-19(15-21)25(27,28)29;/h2-8,15,17,22H,9-14,16H2,1H3,(H,30,32);1H/t17-,22+;/m0./s1. The summed E-state index contributed by atoms with van der Waals surface area (Å²) < 4.78 is 51.6. The minimum absolute atomic E-state index is 0. The maximum absolute atomic E-state index is 13.6. The molecule has 2 saturated heterocycles. The maximum atomic E-state index is 13.6. The lowest BCUT2D eigenvalue weighted by Gasteiger charge is -2.43. The number of alkyl halides is 3. The van der Waals surface area contributed by atoms with Gasteiger partial charge in [0.2, 0.25) is 5.91 Å². The van der Waals surface area contributed by atoms with Crippen molar-refractivity contribution in [3.63, 3.8) is 0 Å². The summed E-state index contributed by atoms with van der Waals surface area (Å²) in [5, 5.41) is 3.17. The second-order valence-corrected chi connectivity index (χ2v) is 9.81. The van der Waals surface area contributed by atoms with Crippen LogP contribution in [0.4, 0.5) is 13.2 Å². The highest BCUT2D eigenvalue weighted by Crippen LogP contribution is 2.35. The number of nitrogens with zero attached hydrogens (tertiary/aromatic N) is 1. The van der Waals surface area contributed by atoms with Gasteiger partial charge in [-0.2, -0.15) is 13.2 Å². The van der Waals surface area contributed by atoms with Crippen LogP contribution in [0.25, 0.3) is 0 Å². The Balaban J connectivity index is 0.00000342. The van der Waals surface area contributed by atoms with E-state index in [4.69, 9.17) is 9.47 Å². The van der Waals surface area contributed by atoms with Crippen molar-refractivity contribution >= 4 is 34.2 Å². The Labute approximate surface area is 217 Å². The van der Waals surface area contributed by atoms with Crippen LogP contribution >= 0.6 is 28.3 Å². The number of ether oxygens (including phenoxy) is 2. The summed E-state index contributed by atoms with van der Waals surface area (Å²) in [5.41, 5.74) is -0.457. The Bertz CT molecular complexity index is 1000. The SMILES string of the molecule is C[C@H](NC(=O)C1(N2CC[C@@H](Oc3cccc(C(F)(F)F)c3)C2)CCOCC1)c1ccc(Br)cc1.Cl. The zero-order valence-electron chi connectivity index (χ0n) is 19.3. The fraction of sp³-hybridized carbons (Fsp3) is 0.480. The molecule has 4 rings (SSSR count). The third kappa shape index (κ3) is 6.50. The van der Waals surface area contributed by atoms with E-state index in [1.54, 1.807) is 0 Å². The largest absolute Gasteiger partial charge is 0.489 e. The Morgan fingerprint density at radius 2 is 1.89 bits per heavy atom. The zero-order valence-corrected chi connectivity index (χ0v) is 21.7. The minimum atomic E-state index is -4.42. The summed E-state index contributed by atoms with van der Waals surface area (Å²) in [6.07, 6.45) is -2.96. The first kappa shape index (κ1) is 27.8. The van der Waals surface area contributed by atoms with Crippen molar-refractivity contribution in [3.05, 3.63) is 64.1 Å². The van der Waals surface area contributed by atoms with E-state index in [2.05, 4.69) is 26.1 Å². The zero-order chi connectivity index (χ0) is 24.3. The van der Waals surface area contributed by atoms with Crippen LogP contribution in [0.5, 0.6) is 5.75 Å². The molecule has 2 aliphatic heterocycles. The highest BCUT2D eigenvalue weighted by Gasteiger charge is 2.48. The molecule has 0 saturated carbocycles. The van der Waals surface area contributed by atoms with Gasteiger partial charge in [0.25, 0.3) is 0 Å². The average molecular weight is 578 g/mol. The molecule has 192 valence electrons. The van der Waals surface area contributed by atoms with E-state index < -0.39 is 17.3 Å². The first-order valence-electron chi connectivity index (χ1n) is 11.4. The number of hydrogen-bond donors (Lipinski definition) is 1. The van der Waals surface area contributed by atoms with E-state index in [0.717, 1.165) is 22.2 Å². The Kier molecular flexibility index (Phi) is 9.12. The average Bonchev–Trinajstić information content (AvgIpc) is 3.28. The summed E-state index contributed by atoms with van der Waals surface area (Å²) in [4.78, 5) is 15.7. The van der Waals surface area contributed by atoms with Crippen LogP contribution in [0.15, 0.2) is 53.0 Å². The Morgan fingerprint density at radius 1 is 1.20 bits per heavy atom. The normalized spacial score (nSPS) is 21.1. The van der Waals surface area contributed by atoms with Crippen molar-refractivity contribution in [1.82, 2.24) is 10.2 Å². The lowest BCUT2D eigenvalue weighted by Crippen LogP contribution is -2.61. The molecule has 0 bridgehead atoms. The topological polar surface area (TPSA) is 50.8 Å². The summed E-state index contributed by atoms with van der Waals surface area (Å²) in [6, 6.07) is 12.6. The van der Waals surface area contributed by atoms with Gasteiger partial charge in [-0.25, -0.2) is 0 Å². The van der Waals surface area contributed by atoms with Gasteiger partial charge in [-0.1, -0.05) is 34.1 Å². The molecule has 1 N–H and O–H groups in total. The highest BCUT2D eigenvalue weighted by atomic mass is 79.9. The van der Waals surface area contributed by atoms with Crippen molar-refractivity contribution in [1.29, 1.82) is 0 Å². The number of likely N-dealkylation sites (tertiary alicyclic amines) is 1. The highest BCUT2D eigenvalue weighted by molar-refractivity contribution is 9.10. The van der Waals surface area contributed by atoms with E-state index in [9.17, 15) is 18.0 Å². The molecule has 5 nitrogen and oxygen atoms in total. The van der Waals surface area contributed by atoms with E-state index in [1.165, 1.54) is 12.1 Å². The predicted molar refractivity (Wildman–Crippen MR) is 133 cm³/mol. The van der Waals surface area contributed by atoms with Crippen LogP contribution in [-0.4, -0.2) is 48.8 Å². The molecule has 0 radical (unpaired) electrons. The molecule has 2 fully saturated rings. The number of carbonyl (C=O) groups excluding carboxylic acids is 1. The van der Waals surface area contributed by atoms with Gasteiger partial charge in [-0.15, -0.1) is 12.4 Å². The molecule has 0 spiro atoms. The van der Waals surface area contributed by atoms with Gasteiger partial charge < -0.3 is 14.8 Å². The lowest BCUT2D eigenvalue weighted by molar-refractivity contribution is -0.141. The molecular weight excluding hydrogens is 549 g/mol. The van der Waals surface area contributed by atoms with Gasteiger partial charge in [0.05, 0.1) is 11.6 Å². The van der Waals surface area contributed by atoms with Crippen molar-refractivity contribution in [2.45, 2.75) is 50.0 Å². The van der Waals surface area contributed by atoms with Crippen LogP contribution < -0.4 is 10.1 Å². The molecule has 2 heterocycles. The quantitative estimate of drug-likeness (QED) is 0.474. The molecule has 2 atom stereocenters. The molecule has 2 aliphatic rings. The van der Waals surface area contributed by atoms with Gasteiger partial charge in [-0.05, 0) is 62.1 Å². The van der Waals surface area contributed by atoms with Crippen LogP contribution in [0, 0.1) is 0 Å². The van der Waals surface area contributed by atoms with Crippen LogP contribution in [0.1, 0.15) is 43.4 Å². The lowest BCUT2D eigenvalue weighted by atomic mass is 9.86. The van der Waals surface area contributed by atoms with Gasteiger partial charge >= 0.3 is 6.18 Å². The van der Waals surface area contributed by atoms with Gasteiger partial charge in [-0.3, -0.25) is 9.69 Å². The van der Waals surface area contributed by atoms with E-state index in [-0.39, 0.29) is 36.2 Å². The summed E-state index contributed by atoms with van der Waals surface area (Å²) in [7, 11) is 0. The fourth-order valence-corrected chi connectivity index (χ4v) is 4.98. The smallest absolute Gasteiger partial charge is 0.416 e. The number of benzene rings is 2. The number of rotatable bonds is 6. The maximum Gasteiger partial charge on any atom is 0.416 e.